The van der Waals surface area contributed by atoms with Crippen molar-refractivity contribution in [3.63, 3.8) is 0 Å². The zero-order chi connectivity index (χ0) is 13.5. The number of carbonyl (C=O) groups excluding carboxylic acids is 1. The maximum absolute atomic E-state index is 11.9. The number of rotatable bonds is 6. The van der Waals surface area contributed by atoms with Crippen molar-refractivity contribution in [1.29, 1.82) is 0 Å². The van der Waals surface area contributed by atoms with Gasteiger partial charge >= 0.3 is 5.97 Å². The smallest absolute Gasteiger partial charge is 0.356 e. The van der Waals surface area contributed by atoms with Crippen LogP contribution in [0, 0.1) is 0 Å². The number of aromatic nitrogens is 2. The zero-order valence-corrected chi connectivity index (χ0v) is 10.2. The number of allylic oxidation sites excluding steroid dienone is 1. The lowest BCUT2D eigenvalue weighted by Gasteiger charge is -2.15. The van der Waals surface area contributed by atoms with Crippen LogP contribution in [0.4, 0.5) is 0 Å². The minimum atomic E-state index is -1.17. The number of unbranched alkanes of at least 4 members (excludes halogenated alkanes) is 1. The standard InChI is InChI=1S/C12H15N3O3/c1-3-4-5-6-15(2)11(16)9-7-14-10(8-13-9)12(17)18/h3,7-8H,1,4-6H2,2H3,(H,17,18). The topological polar surface area (TPSA) is 83.4 Å². The van der Waals surface area contributed by atoms with Gasteiger partial charge in [0.05, 0.1) is 12.4 Å². The Morgan fingerprint density at radius 2 is 2.00 bits per heavy atom. The molecule has 0 aliphatic rings. The number of hydrogen-bond acceptors (Lipinski definition) is 4. The number of hydrogen-bond donors (Lipinski definition) is 1. The molecular formula is C12H15N3O3. The van der Waals surface area contributed by atoms with Crippen LogP contribution in [0.15, 0.2) is 25.0 Å². The molecular weight excluding hydrogens is 234 g/mol. The average Bonchev–Trinajstić information content (AvgIpc) is 2.38. The highest BCUT2D eigenvalue weighted by atomic mass is 16.4. The summed E-state index contributed by atoms with van der Waals surface area (Å²) >= 11 is 0. The lowest BCUT2D eigenvalue weighted by atomic mass is 10.3. The van der Waals surface area contributed by atoms with Crippen LogP contribution < -0.4 is 0 Å². The van der Waals surface area contributed by atoms with Crippen LogP contribution in [0.25, 0.3) is 0 Å². The van der Waals surface area contributed by atoms with E-state index in [1.54, 1.807) is 13.1 Å². The molecule has 1 rings (SSSR count). The van der Waals surface area contributed by atoms with Gasteiger partial charge in [-0.1, -0.05) is 6.08 Å². The van der Waals surface area contributed by atoms with Gasteiger partial charge in [-0.15, -0.1) is 6.58 Å². The van der Waals surface area contributed by atoms with Crippen molar-refractivity contribution < 1.29 is 14.7 Å². The maximum Gasteiger partial charge on any atom is 0.356 e. The summed E-state index contributed by atoms with van der Waals surface area (Å²) in [6.07, 6.45) is 5.70. The molecule has 1 amide bonds. The first-order valence-corrected chi connectivity index (χ1v) is 5.48. The van der Waals surface area contributed by atoms with Gasteiger partial charge in [0.15, 0.2) is 5.69 Å². The largest absolute Gasteiger partial charge is 0.476 e. The van der Waals surface area contributed by atoms with E-state index in [1.165, 1.54) is 11.1 Å². The van der Waals surface area contributed by atoms with E-state index in [0.717, 1.165) is 19.0 Å². The predicted molar refractivity (Wildman–Crippen MR) is 65.4 cm³/mol. The molecule has 6 heteroatoms. The molecule has 0 fully saturated rings. The van der Waals surface area contributed by atoms with Crippen LogP contribution >= 0.6 is 0 Å². The van der Waals surface area contributed by atoms with Crippen LogP contribution in [0.3, 0.4) is 0 Å². The summed E-state index contributed by atoms with van der Waals surface area (Å²) in [7, 11) is 1.66. The van der Waals surface area contributed by atoms with E-state index >= 15 is 0 Å². The van der Waals surface area contributed by atoms with Gasteiger partial charge in [0.25, 0.3) is 5.91 Å². The molecule has 6 nitrogen and oxygen atoms in total. The molecule has 0 spiro atoms. The molecule has 0 radical (unpaired) electrons. The van der Waals surface area contributed by atoms with Crippen molar-refractivity contribution in [3.05, 3.63) is 36.4 Å². The summed E-state index contributed by atoms with van der Waals surface area (Å²) in [5.74, 6) is -1.44. The van der Waals surface area contributed by atoms with E-state index in [1.807, 2.05) is 0 Å². The lowest BCUT2D eigenvalue weighted by molar-refractivity contribution is 0.0687. The molecule has 0 aromatic carbocycles. The highest BCUT2D eigenvalue weighted by Crippen LogP contribution is 2.02. The molecule has 1 N–H and O–H groups in total. The fourth-order valence-electron chi connectivity index (χ4n) is 1.32. The normalized spacial score (nSPS) is 9.83. The molecule has 1 aromatic heterocycles. The molecule has 0 atom stereocenters. The number of aromatic carboxylic acids is 1. The van der Waals surface area contributed by atoms with Crippen molar-refractivity contribution in [2.75, 3.05) is 13.6 Å². The van der Waals surface area contributed by atoms with Gasteiger partial charge in [0.2, 0.25) is 0 Å². The summed E-state index contributed by atoms with van der Waals surface area (Å²) < 4.78 is 0. The lowest BCUT2D eigenvalue weighted by Crippen LogP contribution is -2.28. The molecule has 0 aliphatic carbocycles. The number of amides is 1. The van der Waals surface area contributed by atoms with Gasteiger partial charge in [-0.2, -0.15) is 0 Å². The van der Waals surface area contributed by atoms with Crippen molar-refractivity contribution in [2.24, 2.45) is 0 Å². The SMILES string of the molecule is C=CCCCN(C)C(=O)c1cnc(C(=O)O)cn1. The van der Waals surface area contributed by atoms with Crippen molar-refractivity contribution in [1.82, 2.24) is 14.9 Å². The minimum Gasteiger partial charge on any atom is -0.476 e. The van der Waals surface area contributed by atoms with Crippen LogP contribution in [0.5, 0.6) is 0 Å². The molecule has 96 valence electrons. The Kier molecular flexibility index (Phi) is 4.98. The third kappa shape index (κ3) is 3.65. The van der Waals surface area contributed by atoms with E-state index in [9.17, 15) is 9.59 Å². The third-order valence-electron chi connectivity index (χ3n) is 2.34. The van der Waals surface area contributed by atoms with Gasteiger partial charge in [-0.25, -0.2) is 14.8 Å². The highest BCUT2D eigenvalue weighted by molar-refractivity contribution is 5.92. The van der Waals surface area contributed by atoms with Crippen LogP contribution in [0.1, 0.15) is 33.8 Å². The van der Waals surface area contributed by atoms with Gasteiger partial charge in [-0.05, 0) is 12.8 Å². The van der Waals surface area contributed by atoms with Crippen LogP contribution in [-0.2, 0) is 0 Å². The summed E-state index contributed by atoms with van der Waals surface area (Å²) in [6, 6.07) is 0. The Labute approximate surface area is 105 Å². The van der Waals surface area contributed by atoms with Crippen LogP contribution in [-0.4, -0.2) is 45.4 Å². The highest BCUT2D eigenvalue weighted by Gasteiger charge is 2.14. The fraction of sp³-hybridized carbons (Fsp3) is 0.333. The number of carboxylic acids is 1. The quantitative estimate of drug-likeness (QED) is 0.605. The van der Waals surface area contributed by atoms with Crippen molar-refractivity contribution >= 4 is 11.9 Å². The zero-order valence-electron chi connectivity index (χ0n) is 10.2. The molecule has 0 bridgehead atoms. The summed E-state index contributed by atoms with van der Waals surface area (Å²) in [5.41, 5.74) is -0.0398. The second kappa shape index (κ2) is 6.48. The van der Waals surface area contributed by atoms with Gasteiger partial charge in [0, 0.05) is 13.6 Å². The summed E-state index contributed by atoms with van der Waals surface area (Å²) in [4.78, 5) is 31.4. The Balaban J connectivity index is 2.65. The second-order valence-corrected chi connectivity index (χ2v) is 3.75. The number of carbonyl (C=O) groups is 2. The molecule has 1 aromatic rings. The molecule has 0 unspecified atom stereocenters. The second-order valence-electron chi connectivity index (χ2n) is 3.75. The fourth-order valence-corrected chi connectivity index (χ4v) is 1.32. The molecule has 0 aliphatic heterocycles. The van der Waals surface area contributed by atoms with Crippen molar-refractivity contribution in [3.8, 4) is 0 Å². The Hall–Kier alpha value is -2.24. The molecule has 0 saturated carbocycles. The first-order chi connectivity index (χ1) is 8.56. The third-order valence-corrected chi connectivity index (χ3v) is 2.34. The first kappa shape index (κ1) is 13.8. The number of nitrogens with zero attached hydrogens (tertiary/aromatic N) is 3. The van der Waals surface area contributed by atoms with E-state index in [2.05, 4.69) is 16.5 Å². The number of carboxylic acid groups (broad SMARTS) is 1. The predicted octanol–water partition coefficient (Wildman–Crippen LogP) is 1.21. The summed E-state index contributed by atoms with van der Waals surface area (Å²) in [5, 5.41) is 8.66. The monoisotopic (exact) mass is 249 g/mol. The maximum atomic E-state index is 11.9. The van der Waals surface area contributed by atoms with Crippen molar-refractivity contribution in [2.45, 2.75) is 12.8 Å². The Morgan fingerprint density at radius 1 is 1.39 bits per heavy atom. The van der Waals surface area contributed by atoms with E-state index in [4.69, 9.17) is 5.11 Å². The van der Waals surface area contributed by atoms with Crippen LogP contribution in [0.2, 0.25) is 0 Å². The summed E-state index contributed by atoms with van der Waals surface area (Å²) in [6.45, 7) is 4.20. The van der Waals surface area contributed by atoms with Gasteiger partial charge in [-0.3, -0.25) is 4.79 Å². The van der Waals surface area contributed by atoms with E-state index in [0.29, 0.717) is 6.54 Å². The Morgan fingerprint density at radius 3 is 2.50 bits per heavy atom. The van der Waals surface area contributed by atoms with E-state index < -0.39 is 5.97 Å². The van der Waals surface area contributed by atoms with Gasteiger partial charge < -0.3 is 10.0 Å². The van der Waals surface area contributed by atoms with Gasteiger partial charge in [0.1, 0.15) is 5.69 Å². The molecule has 1 heterocycles. The average molecular weight is 249 g/mol. The molecule has 18 heavy (non-hydrogen) atoms. The first-order valence-electron chi connectivity index (χ1n) is 5.48. The molecule has 0 saturated heterocycles. The van der Waals surface area contributed by atoms with E-state index in [-0.39, 0.29) is 17.3 Å². The Bertz CT molecular complexity index is 442. The minimum absolute atomic E-state index is 0.140.